The molecule has 0 aromatic heterocycles. The number of nitrogens with one attached hydrogen (secondary N) is 1. The van der Waals surface area contributed by atoms with Crippen molar-refractivity contribution in [2.75, 3.05) is 0 Å². The molecule has 1 heterocycles. The van der Waals surface area contributed by atoms with Crippen molar-refractivity contribution in [1.29, 1.82) is 0 Å². The minimum Gasteiger partial charge on any atom is -0.352 e. The number of carbonyl (C=O) groups excluding carboxylic acids is 1. The fourth-order valence-corrected chi connectivity index (χ4v) is 3.70. The maximum atomic E-state index is 11.8. The molecule has 1 amide bonds. The SMILES string of the molecule is CCC1NC(=O)CC12CCc1ccc(C)cc12. The molecule has 2 heteroatoms. The van der Waals surface area contributed by atoms with Crippen LogP contribution in [-0.4, -0.2) is 11.9 Å². The predicted molar refractivity (Wildman–Crippen MR) is 68.0 cm³/mol. The number of fused-ring (bicyclic) bond motifs is 2. The third kappa shape index (κ3) is 1.43. The summed E-state index contributed by atoms with van der Waals surface area (Å²) in [6, 6.07) is 7.06. The summed E-state index contributed by atoms with van der Waals surface area (Å²) in [5.74, 6) is 0.228. The Morgan fingerprint density at radius 3 is 3.06 bits per heavy atom. The molecule has 1 aliphatic carbocycles. The van der Waals surface area contributed by atoms with Crippen LogP contribution in [0.4, 0.5) is 0 Å². The van der Waals surface area contributed by atoms with Crippen LogP contribution in [0.5, 0.6) is 0 Å². The second kappa shape index (κ2) is 3.59. The number of hydrogen-bond donors (Lipinski definition) is 1. The first-order valence-corrected chi connectivity index (χ1v) is 6.55. The molecule has 1 fully saturated rings. The van der Waals surface area contributed by atoms with Crippen LogP contribution in [0.15, 0.2) is 18.2 Å². The highest BCUT2D eigenvalue weighted by molar-refractivity contribution is 5.82. The molecule has 1 aliphatic heterocycles. The van der Waals surface area contributed by atoms with Crippen molar-refractivity contribution in [1.82, 2.24) is 5.32 Å². The van der Waals surface area contributed by atoms with Crippen LogP contribution in [0.1, 0.15) is 42.9 Å². The molecule has 1 saturated heterocycles. The van der Waals surface area contributed by atoms with Gasteiger partial charge in [0.15, 0.2) is 0 Å². The fraction of sp³-hybridized carbons (Fsp3) is 0.533. The van der Waals surface area contributed by atoms with E-state index in [1.807, 2.05) is 0 Å². The number of rotatable bonds is 1. The van der Waals surface area contributed by atoms with Crippen LogP contribution in [0, 0.1) is 6.92 Å². The Morgan fingerprint density at radius 2 is 2.29 bits per heavy atom. The van der Waals surface area contributed by atoms with E-state index in [2.05, 4.69) is 37.4 Å². The van der Waals surface area contributed by atoms with Crippen molar-refractivity contribution in [3.8, 4) is 0 Å². The van der Waals surface area contributed by atoms with Gasteiger partial charge in [0, 0.05) is 17.9 Å². The molecule has 1 N–H and O–H groups in total. The maximum absolute atomic E-state index is 11.8. The molecular formula is C15H19NO. The molecule has 2 atom stereocenters. The Hall–Kier alpha value is -1.31. The molecule has 17 heavy (non-hydrogen) atoms. The van der Waals surface area contributed by atoms with Crippen LogP contribution in [0.3, 0.4) is 0 Å². The first-order chi connectivity index (χ1) is 8.15. The number of amides is 1. The lowest BCUT2D eigenvalue weighted by molar-refractivity contribution is -0.119. The van der Waals surface area contributed by atoms with Crippen LogP contribution >= 0.6 is 0 Å². The fourth-order valence-electron chi connectivity index (χ4n) is 3.70. The van der Waals surface area contributed by atoms with E-state index in [0.29, 0.717) is 12.5 Å². The third-order valence-electron chi connectivity index (χ3n) is 4.53. The normalized spacial score (nSPS) is 30.7. The number of benzene rings is 1. The second-order valence-electron chi connectivity index (χ2n) is 5.52. The molecule has 90 valence electrons. The van der Waals surface area contributed by atoms with Gasteiger partial charge in [0.2, 0.25) is 5.91 Å². The summed E-state index contributed by atoms with van der Waals surface area (Å²) < 4.78 is 0. The Labute approximate surface area is 102 Å². The third-order valence-corrected chi connectivity index (χ3v) is 4.53. The zero-order chi connectivity index (χ0) is 12.0. The first kappa shape index (κ1) is 10.8. The summed E-state index contributed by atoms with van der Waals surface area (Å²) in [5, 5.41) is 3.16. The monoisotopic (exact) mass is 229 g/mol. The van der Waals surface area contributed by atoms with E-state index in [1.165, 1.54) is 16.7 Å². The van der Waals surface area contributed by atoms with Crippen molar-refractivity contribution in [3.63, 3.8) is 0 Å². The van der Waals surface area contributed by atoms with Gasteiger partial charge in [-0.3, -0.25) is 4.79 Å². The van der Waals surface area contributed by atoms with Crippen LogP contribution in [0.25, 0.3) is 0 Å². The lowest BCUT2D eigenvalue weighted by atomic mass is 9.74. The van der Waals surface area contributed by atoms with Gasteiger partial charge < -0.3 is 5.32 Å². The summed E-state index contributed by atoms with van der Waals surface area (Å²) in [4.78, 5) is 11.8. The topological polar surface area (TPSA) is 29.1 Å². The molecule has 3 rings (SSSR count). The Morgan fingerprint density at radius 1 is 1.47 bits per heavy atom. The minimum atomic E-state index is 0.0905. The minimum absolute atomic E-state index is 0.0905. The van der Waals surface area contributed by atoms with Gasteiger partial charge in [0.25, 0.3) is 0 Å². The zero-order valence-corrected chi connectivity index (χ0v) is 10.5. The van der Waals surface area contributed by atoms with E-state index >= 15 is 0 Å². The average molecular weight is 229 g/mol. The smallest absolute Gasteiger partial charge is 0.221 e. The number of hydrogen-bond acceptors (Lipinski definition) is 1. The van der Waals surface area contributed by atoms with Crippen molar-refractivity contribution in [2.45, 2.75) is 51.0 Å². The molecule has 1 aromatic rings. The quantitative estimate of drug-likeness (QED) is 0.787. The lowest BCUT2D eigenvalue weighted by Crippen LogP contribution is -2.38. The predicted octanol–water partition coefficient (Wildman–Crippen LogP) is 2.48. The van der Waals surface area contributed by atoms with E-state index < -0.39 is 0 Å². The standard InChI is InChI=1S/C15H19NO/c1-3-13-15(9-14(17)16-13)7-6-11-5-4-10(2)8-12(11)15/h4-5,8,13H,3,6-7,9H2,1-2H3,(H,16,17). The molecule has 0 saturated carbocycles. The lowest BCUT2D eigenvalue weighted by Gasteiger charge is -2.30. The Bertz CT molecular complexity index is 480. The summed E-state index contributed by atoms with van der Waals surface area (Å²) in [6.07, 6.45) is 3.96. The summed E-state index contributed by atoms with van der Waals surface area (Å²) in [6.45, 7) is 4.31. The highest BCUT2D eigenvalue weighted by Crippen LogP contribution is 2.47. The highest BCUT2D eigenvalue weighted by atomic mass is 16.2. The van der Waals surface area contributed by atoms with Gasteiger partial charge in [-0.15, -0.1) is 0 Å². The number of carbonyl (C=O) groups is 1. The summed E-state index contributed by atoms with van der Waals surface area (Å²) in [7, 11) is 0. The van der Waals surface area contributed by atoms with E-state index in [4.69, 9.17) is 0 Å². The van der Waals surface area contributed by atoms with Crippen LogP contribution in [0.2, 0.25) is 0 Å². The van der Waals surface area contributed by atoms with E-state index in [9.17, 15) is 4.79 Å². The van der Waals surface area contributed by atoms with Crippen molar-refractivity contribution in [2.24, 2.45) is 0 Å². The highest BCUT2D eigenvalue weighted by Gasteiger charge is 2.50. The largest absolute Gasteiger partial charge is 0.352 e. The Kier molecular flexibility index (Phi) is 2.29. The van der Waals surface area contributed by atoms with Gasteiger partial charge in [-0.1, -0.05) is 30.7 Å². The number of aryl methyl sites for hydroxylation is 2. The average Bonchev–Trinajstić information content (AvgIpc) is 2.82. The summed E-state index contributed by atoms with van der Waals surface area (Å²) >= 11 is 0. The van der Waals surface area contributed by atoms with Gasteiger partial charge in [0.05, 0.1) is 0 Å². The van der Waals surface area contributed by atoms with E-state index in [1.54, 1.807) is 0 Å². The van der Waals surface area contributed by atoms with Crippen molar-refractivity contribution < 1.29 is 4.79 Å². The zero-order valence-electron chi connectivity index (χ0n) is 10.5. The molecule has 0 bridgehead atoms. The molecule has 2 unspecified atom stereocenters. The van der Waals surface area contributed by atoms with Crippen molar-refractivity contribution >= 4 is 5.91 Å². The Balaban J connectivity index is 2.12. The molecule has 2 aliphatic rings. The molecule has 0 radical (unpaired) electrons. The molecule has 1 spiro atoms. The van der Waals surface area contributed by atoms with Gasteiger partial charge in [-0.05, 0) is 37.3 Å². The van der Waals surface area contributed by atoms with Gasteiger partial charge >= 0.3 is 0 Å². The van der Waals surface area contributed by atoms with Crippen molar-refractivity contribution in [3.05, 3.63) is 34.9 Å². The van der Waals surface area contributed by atoms with Crippen LogP contribution in [-0.2, 0) is 16.6 Å². The van der Waals surface area contributed by atoms with E-state index in [-0.39, 0.29) is 11.3 Å². The first-order valence-electron chi connectivity index (χ1n) is 6.55. The van der Waals surface area contributed by atoms with Gasteiger partial charge in [-0.25, -0.2) is 0 Å². The maximum Gasteiger partial charge on any atom is 0.221 e. The molecule has 2 nitrogen and oxygen atoms in total. The second-order valence-corrected chi connectivity index (χ2v) is 5.52. The van der Waals surface area contributed by atoms with Crippen LogP contribution < -0.4 is 5.32 Å². The molecular weight excluding hydrogens is 210 g/mol. The van der Waals surface area contributed by atoms with Gasteiger partial charge in [0.1, 0.15) is 0 Å². The van der Waals surface area contributed by atoms with E-state index in [0.717, 1.165) is 19.3 Å². The molecule has 1 aromatic carbocycles. The summed E-state index contributed by atoms with van der Waals surface area (Å²) in [5.41, 5.74) is 4.28. The van der Waals surface area contributed by atoms with Gasteiger partial charge in [-0.2, -0.15) is 0 Å².